The minimum Gasteiger partial charge on any atom is -0.367 e. The Kier molecular flexibility index (Phi) is 6.83. The highest BCUT2D eigenvalue weighted by molar-refractivity contribution is 7.89. The molecule has 1 fully saturated rings. The molecule has 6 nitrogen and oxygen atoms in total. The maximum Gasteiger partial charge on any atom is 0.240 e. The maximum atomic E-state index is 14.2. The summed E-state index contributed by atoms with van der Waals surface area (Å²) in [4.78, 5) is 8.73. The van der Waals surface area contributed by atoms with Crippen molar-refractivity contribution in [1.82, 2.24) is 14.6 Å². The van der Waals surface area contributed by atoms with Crippen LogP contribution in [0.5, 0.6) is 0 Å². The van der Waals surface area contributed by atoms with E-state index in [0.29, 0.717) is 31.9 Å². The number of hydrogen-bond donors (Lipinski definition) is 1. The van der Waals surface area contributed by atoms with E-state index < -0.39 is 10.0 Å². The van der Waals surface area contributed by atoms with Crippen LogP contribution in [0, 0.1) is 12.7 Å². The van der Waals surface area contributed by atoms with Crippen molar-refractivity contribution in [3.05, 3.63) is 90.0 Å². The molecule has 3 aromatic rings. The molecule has 8 heteroatoms. The molecule has 4 rings (SSSR count). The van der Waals surface area contributed by atoms with Gasteiger partial charge in [-0.25, -0.2) is 17.5 Å². The topological polar surface area (TPSA) is 65.5 Å². The Hall–Kier alpha value is -2.81. The van der Waals surface area contributed by atoms with Gasteiger partial charge in [0.2, 0.25) is 10.0 Å². The number of nitrogens with one attached hydrogen (secondary N) is 1. The van der Waals surface area contributed by atoms with Gasteiger partial charge in [-0.05, 0) is 42.8 Å². The third kappa shape index (κ3) is 5.15. The first-order valence-electron chi connectivity index (χ1n) is 10.6. The van der Waals surface area contributed by atoms with E-state index >= 15 is 0 Å². The zero-order valence-electron chi connectivity index (χ0n) is 18.0. The van der Waals surface area contributed by atoms with E-state index in [0.717, 1.165) is 11.1 Å². The molecule has 1 N–H and O–H groups in total. The summed E-state index contributed by atoms with van der Waals surface area (Å²) < 4.78 is 42.6. The van der Waals surface area contributed by atoms with Gasteiger partial charge in [0.1, 0.15) is 5.82 Å². The van der Waals surface area contributed by atoms with Crippen molar-refractivity contribution >= 4 is 15.7 Å². The molecule has 0 amide bonds. The fourth-order valence-corrected chi connectivity index (χ4v) is 5.04. The third-order valence-electron chi connectivity index (χ3n) is 5.82. The van der Waals surface area contributed by atoms with E-state index in [-0.39, 0.29) is 23.3 Å². The Labute approximate surface area is 188 Å². The van der Waals surface area contributed by atoms with E-state index in [9.17, 15) is 12.8 Å². The van der Waals surface area contributed by atoms with Gasteiger partial charge in [0.15, 0.2) is 0 Å². The first kappa shape index (κ1) is 22.4. The number of rotatable bonds is 7. The molecule has 0 aliphatic carbocycles. The second kappa shape index (κ2) is 9.77. The molecule has 1 atom stereocenters. The van der Waals surface area contributed by atoms with Crippen molar-refractivity contribution in [3.63, 3.8) is 0 Å². The van der Waals surface area contributed by atoms with Gasteiger partial charge in [0.05, 0.1) is 16.6 Å². The van der Waals surface area contributed by atoms with Crippen LogP contribution in [0.2, 0.25) is 0 Å². The van der Waals surface area contributed by atoms with Crippen molar-refractivity contribution in [2.24, 2.45) is 0 Å². The first-order chi connectivity index (χ1) is 15.4. The lowest BCUT2D eigenvalue weighted by molar-refractivity contribution is 0.186. The SMILES string of the molecule is Cc1ccc(S(=O)(=O)NC[C@@H](c2cccnc2)N2CCN(c3ccccc3F)CC2)cc1. The van der Waals surface area contributed by atoms with Crippen LogP contribution in [0.3, 0.4) is 0 Å². The Bertz CT molecular complexity index is 1130. The molecular formula is C24H27FN4O2S. The molecule has 1 aliphatic heterocycles. The summed E-state index contributed by atoms with van der Waals surface area (Å²) in [6.07, 6.45) is 3.47. The summed E-state index contributed by atoms with van der Waals surface area (Å²) in [7, 11) is -3.64. The average molecular weight is 455 g/mol. The van der Waals surface area contributed by atoms with E-state index in [1.165, 1.54) is 6.07 Å². The van der Waals surface area contributed by atoms with Gasteiger partial charge >= 0.3 is 0 Å². The summed E-state index contributed by atoms with van der Waals surface area (Å²) >= 11 is 0. The van der Waals surface area contributed by atoms with Gasteiger partial charge in [0.25, 0.3) is 0 Å². The Morgan fingerprint density at radius 3 is 2.38 bits per heavy atom. The number of sulfonamides is 1. The zero-order chi connectivity index (χ0) is 22.6. The number of aromatic nitrogens is 1. The lowest BCUT2D eigenvalue weighted by atomic mass is 10.1. The predicted octanol–water partition coefficient (Wildman–Crippen LogP) is 3.37. The van der Waals surface area contributed by atoms with Crippen LogP contribution < -0.4 is 9.62 Å². The minimum atomic E-state index is -3.64. The monoisotopic (exact) mass is 454 g/mol. The highest BCUT2D eigenvalue weighted by Crippen LogP contribution is 2.25. The van der Waals surface area contributed by atoms with Crippen molar-refractivity contribution < 1.29 is 12.8 Å². The number of aryl methyl sites for hydroxylation is 1. The number of para-hydroxylation sites is 1. The fourth-order valence-electron chi connectivity index (χ4n) is 4.00. The van der Waals surface area contributed by atoms with Gasteiger partial charge in [-0.15, -0.1) is 0 Å². The number of benzene rings is 2. The highest BCUT2D eigenvalue weighted by atomic mass is 32.2. The molecular weight excluding hydrogens is 427 g/mol. The molecule has 2 heterocycles. The van der Waals surface area contributed by atoms with E-state index in [4.69, 9.17) is 0 Å². The van der Waals surface area contributed by atoms with Crippen LogP contribution in [-0.4, -0.2) is 51.0 Å². The number of halogens is 1. The second-order valence-corrected chi connectivity index (χ2v) is 9.71. The van der Waals surface area contributed by atoms with Gasteiger partial charge in [-0.3, -0.25) is 9.88 Å². The van der Waals surface area contributed by atoms with Crippen LogP contribution in [0.15, 0.2) is 78.0 Å². The lowest BCUT2D eigenvalue weighted by Crippen LogP contribution is -2.50. The average Bonchev–Trinajstić information content (AvgIpc) is 2.81. The fraction of sp³-hybridized carbons (Fsp3) is 0.292. The van der Waals surface area contributed by atoms with Crippen LogP contribution in [0.1, 0.15) is 17.2 Å². The van der Waals surface area contributed by atoms with Crippen LogP contribution in [-0.2, 0) is 10.0 Å². The quantitative estimate of drug-likeness (QED) is 0.593. The predicted molar refractivity (Wildman–Crippen MR) is 124 cm³/mol. The zero-order valence-corrected chi connectivity index (χ0v) is 18.8. The molecule has 32 heavy (non-hydrogen) atoms. The number of hydrogen-bond acceptors (Lipinski definition) is 5. The Morgan fingerprint density at radius 2 is 1.72 bits per heavy atom. The molecule has 168 valence electrons. The minimum absolute atomic E-state index is 0.174. The van der Waals surface area contributed by atoms with Gasteiger partial charge in [-0.1, -0.05) is 35.9 Å². The van der Waals surface area contributed by atoms with E-state index in [2.05, 4.69) is 14.6 Å². The number of nitrogens with zero attached hydrogens (tertiary/aromatic N) is 3. The largest absolute Gasteiger partial charge is 0.367 e. The molecule has 0 bridgehead atoms. The smallest absolute Gasteiger partial charge is 0.240 e. The lowest BCUT2D eigenvalue weighted by Gasteiger charge is -2.40. The van der Waals surface area contributed by atoms with Gasteiger partial charge in [-0.2, -0.15) is 0 Å². The van der Waals surface area contributed by atoms with Gasteiger partial charge < -0.3 is 4.90 Å². The van der Waals surface area contributed by atoms with Crippen molar-refractivity contribution in [1.29, 1.82) is 0 Å². The highest BCUT2D eigenvalue weighted by Gasteiger charge is 2.27. The number of pyridine rings is 1. The van der Waals surface area contributed by atoms with Crippen molar-refractivity contribution in [3.8, 4) is 0 Å². The van der Waals surface area contributed by atoms with E-state index in [1.54, 1.807) is 48.8 Å². The third-order valence-corrected chi connectivity index (χ3v) is 7.25. The molecule has 0 unspecified atom stereocenters. The summed E-state index contributed by atoms with van der Waals surface area (Å²) in [6, 6.07) is 17.2. The van der Waals surface area contributed by atoms with Crippen molar-refractivity contribution in [2.45, 2.75) is 17.9 Å². The molecule has 2 aromatic carbocycles. The second-order valence-electron chi connectivity index (χ2n) is 7.94. The Balaban J connectivity index is 1.48. The number of anilines is 1. The summed E-state index contributed by atoms with van der Waals surface area (Å²) in [5.74, 6) is -0.226. The first-order valence-corrected chi connectivity index (χ1v) is 12.1. The number of piperazine rings is 1. The molecule has 0 saturated carbocycles. The van der Waals surface area contributed by atoms with Gasteiger partial charge in [0, 0.05) is 45.1 Å². The van der Waals surface area contributed by atoms with Crippen molar-refractivity contribution in [2.75, 3.05) is 37.6 Å². The normalized spacial score (nSPS) is 16.1. The van der Waals surface area contributed by atoms with Crippen LogP contribution >= 0.6 is 0 Å². The molecule has 1 aliphatic rings. The summed E-state index contributed by atoms with van der Waals surface area (Å²) in [5.41, 5.74) is 2.55. The molecule has 1 saturated heterocycles. The Morgan fingerprint density at radius 1 is 1.00 bits per heavy atom. The summed E-state index contributed by atoms with van der Waals surface area (Å²) in [5, 5.41) is 0. The maximum absolute atomic E-state index is 14.2. The van der Waals surface area contributed by atoms with E-state index in [1.807, 2.05) is 30.0 Å². The molecule has 0 spiro atoms. The molecule has 1 aromatic heterocycles. The standard InChI is InChI=1S/C24H27FN4O2S/c1-19-8-10-21(11-9-19)32(30,31)27-18-24(20-5-4-12-26-17-20)29-15-13-28(14-16-29)23-7-3-2-6-22(23)25/h2-12,17,24,27H,13-16,18H2,1H3/t24-/m0/s1. The molecule has 0 radical (unpaired) electrons. The summed E-state index contributed by atoms with van der Waals surface area (Å²) in [6.45, 7) is 4.82. The van der Waals surface area contributed by atoms with Crippen LogP contribution in [0.25, 0.3) is 0 Å². The van der Waals surface area contributed by atoms with Crippen LogP contribution in [0.4, 0.5) is 10.1 Å².